The van der Waals surface area contributed by atoms with E-state index in [0.29, 0.717) is 34.6 Å². The van der Waals surface area contributed by atoms with Crippen molar-refractivity contribution >= 4 is 17.2 Å². The monoisotopic (exact) mass is 375 g/mol. The van der Waals surface area contributed by atoms with Crippen LogP contribution in [0.1, 0.15) is 41.5 Å². The standard InChI is InChI=1S/C21H21N5O2/c1-12-7-8-23-18(9-12)16(11-22)20(27)24-17-10-15(4-3-13(17)2)19-25-21(28-26-19)14-5-6-14/h3-4,7-11,14H,5-6,22H2,1-2H3,(H,24,27)/b16-11+. The number of pyridine rings is 1. The molecule has 1 saturated carbocycles. The van der Waals surface area contributed by atoms with E-state index < -0.39 is 0 Å². The predicted octanol–water partition coefficient (Wildman–Crippen LogP) is 3.56. The van der Waals surface area contributed by atoms with Crippen molar-refractivity contribution in [2.75, 3.05) is 5.32 Å². The number of hydrogen-bond acceptors (Lipinski definition) is 6. The van der Waals surface area contributed by atoms with Gasteiger partial charge in [0.2, 0.25) is 11.7 Å². The van der Waals surface area contributed by atoms with Crippen LogP contribution < -0.4 is 11.1 Å². The van der Waals surface area contributed by atoms with Crippen LogP contribution in [0.2, 0.25) is 0 Å². The van der Waals surface area contributed by atoms with Crippen molar-refractivity contribution in [2.45, 2.75) is 32.6 Å². The summed E-state index contributed by atoms with van der Waals surface area (Å²) in [5.41, 5.74) is 9.90. The Labute approximate surface area is 162 Å². The Morgan fingerprint density at radius 1 is 1.25 bits per heavy atom. The van der Waals surface area contributed by atoms with Crippen molar-refractivity contribution in [3.8, 4) is 11.4 Å². The first-order valence-electron chi connectivity index (χ1n) is 9.16. The molecule has 0 spiro atoms. The van der Waals surface area contributed by atoms with Gasteiger partial charge in [-0.25, -0.2) is 0 Å². The zero-order valence-electron chi connectivity index (χ0n) is 15.8. The lowest BCUT2D eigenvalue weighted by atomic mass is 10.1. The topological polar surface area (TPSA) is 107 Å². The zero-order chi connectivity index (χ0) is 19.7. The smallest absolute Gasteiger partial charge is 0.259 e. The number of nitrogens with zero attached hydrogens (tertiary/aromatic N) is 3. The molecule has 7 nitrogen and oxygen atoms in total. The first-order chi connectivity index (χ1) is 13.5. The van der Waals surface area contributed by atoms with Gasteiger partial charge in [-0.05, 0) is 56.0 Å². The molecular weight excluding hydrogens is 354 g/mol. The highest BCUT2D eigenvalue weighted by Gasteiger charge is 2.29. The van der Waals surface area contributed by atoms with Crippen LogP contribution in [0.4, 0.5) is 5.69 Å². The molecule has 0 aliphatic heterocycles. The highest BCUT2D eigenvalue weighted by atomic mass is 16.5. The number of nitrogens with one attached hydrogen (secondary N) is 1. The minimum atomic E-state index is -0.326. The van der Waals surface area contributed by atoms with E-state index in [9.17, 15) is 4.79 Å². The van der Waals surface area contributed by atoms with Gasteiger partial charge in [0, 0.05) is 29.6 Å². The summed E-state index contributed by atoms with van der Waals surface area (Å²) in [5.74, 6) is 1.27. The van der Waals surface area contributed by atoms with E-state index >= 15 is 0 Å². The predicted molar refractivity (Wildman–Crippen MR) is 106 cm³/mol. The molecule has 1 fully saturated rings. The first kappa shape index (κ1) is 17.9. The fraction of sp³-hybridized carbons (Fsp3) is 0.238. The van der Waals surface area contributed by atoms with E-state index in [2.05, 4.69) is 20.4 Å². The van der Waals surface area contributed by atoms with Gasteiger partial charge in [0.15, 0.2) is 0 Å². The van der Waals surface area contributed by atoms with Crippen LogP contribution in [-0.2, 0) is 4.79 Å². The number of carbonyl (C=O) groups is 1. The number of nitrogens with two attached hydrogens (primary N) is 1. The quantitative estimate of drug-likeness (QED) is 0.660. The Morgan fingerprint density at radius 3 is 2.79 bits per heavy atom. The maximum absolute atomic E-state index is 12.8. The number of aryl methyl sites for hydroxylation is 2. The number of hydrogen-bond donors (Lipinski definition) is 2. The number of benzene rings is 1. The van der Waals surface area contributed by atoms with Crippen molar-refractivity contribution in [1.82, 2.24) is 15.1 Å². The molecule has 1 aromatic carbocycles. The molecule has 1 aliphatic rings. The van der Waals surface area contributed by atoms with Gasteiger partial charge < -0.3 is 15.6 Å². The minimum Gasteiger partial charge on any atom is -0.404 e. The molecule has 4 rings (SSSR count). The molecule has 3 N–H and O–H groups in total. The zero-order valence-corrected chi connectivity index (χ0v) is 15.8. The molecule has 3 aromatic rings. The second-order valence-corrected chi connectivity index (χ2v) is 7.01. The molecule has 1 amide bonds. The maximum atomic E-state index is 12.8. The van der Waals surface area contributed by atoms with E-state index in [4.69, 9.17) is 10.3 Å². The largest absolute Gasteiger partial charge is 0.404 e. The van der Waals surface area contributed by atoms with Gasteiger partial charge >= 0.3 is 0 Å². The van der Waals surface area contributed by atoms with Gasteiger partial charge in [-0.15, -0.1) is 0 Å². The third-order valence-electron chi connectivity index (χ3n) is 4.71. The van der Waals surface area contributed by atoms with Crippen molar-refractivity contribution in [3.63, 3.8) is 0 Å². The molecule has 0 atom stereocenters. The van der Waals surface area contributed by atoms with Gasteiger partial charge in [-0.3, -0.25) is 9.78 Å². The number of carbonyl (C=O) groups excluding carboxylic acids is 1. The van der Waals surface area contributed by atoms with Gasteiger partial charge in [-0.1, -0.05) is 17.3 Å². The average Bonchev–Trinajstić information content (AvgIpc) is 3.41. The second-order valence-electron chi connectivity index (χ2n) is 7.01. The Morgan fingerprint density at radius 2 is 2.07 bits per heavy atom. The second kappa shape index (κ2) is 7.26. The van der Waals surface area contributed by atoms with Crippen molar-refractivity contribution < 1.29 is 9.32 Å². The lowest BCUT2D eigenvalue weighted by Gasteiger charge is -2.11. The summed E-state index contributed by atoms with van der Waals surface area (Å²) in [5, 5.41) is 6.98. The van der Waals surface area contributed by atoms with Crippen LogP contribution >= 0.6 is 0 Å². The molecule has 1 aliphatic carbocycles. The Hall–Kier alpha value is -3.48. The number of anilines is 1. The van der Waals surface area contributed by atoms with Gasteiger partial charge in [0.25, 0.3) is 5.91 Å². The van der Waals surface area contributed by atoms with E-state index in [0.717, 1.165) is 29.5 Å². The highest BCUT2D eigenvalue weighted by molar-refractivity contribution is 6.24. The Kier molecular flexibility index (Phi) is 4.65. The number of rotatable bonds is 5. The van der Waals surface area contributed by atoms with Crippen LogP contribution in [0.15, 0.2) is 47.3 Å². The van der Waals surface area contributed by atoms with Gasteiger partial charge in [-0.2, -0.15) is 4.98 Å². The van der Waals surface area contributed by atoms with Gasteiger partial charge in [0.05, 0.1) is 11.3 Å². The SMILES string of the molecule is Cc1ccnc(/C(=C\N)C(=O)Nc2cc(-c3noc(C4CC4)n3)ccc2C)c1. The van der Waals surface area contributed by atoms with E-state index in [1.54, 1.807) is 6.20 Å². The Bertz CT molecular complexity index is 1070. The molecule has 0 saturated heterocycles. The molecule has 0 bridgehead atoms. The number of amides is 1. The Balaban J connectivity index is 1.58. The normalized spacial score (nSPS) is 14.1. The summed E-state index contributed by atoms with van der Waals surface area (Å²) >= 11 is 0. The lowest BCUT2D eigenvalue weighted by molar-refractivity contribution is -0.111. The summed E-state index contributed by atoms with van der Waals surface area (Å²) in [6, 6.07) is 9.35. The molecule has 0 unspecified atom stereocenters. The van der Waals surface area contributed by atoms with Crippen molar-refractivity contribution in [1.29, 1.82) is 0 Å². The molecule has 0 radical (unpaired) electrons. The molecule has 7 heteroatoms. The third-order valence-corrected chi connectivity index (χ3v) is 4.71. The summed E-state index contributed by atoms with van der Waals surface area (Å²) in [7, 11) is 0. The van der Waals surface area contributed by atoms with Gasteiger partial charge in [0.1, 0.15) is 0 Å². The van der Waals surface area contributed by atoms with Crippen LogP contribution in [0.3, 0.4) is 0 Å². The van der Waals surface area contributed by atoms with Crippen molar-refractivity contribution in [2.24, 2.45) is 5.73 Å². The molecule has 142 valence electrons. The fourth-order valence-corrected chi connectivity index (χ4v) is 2.89. The summed E-state index contributed by atoms with van der Waals surface area (Å²) < 4.78 is 5.34. The molecular formula is C21H21N5O2. The van der Waals surface area contributed by atoms with E-state index in [1.807, 2.05) is 44.2 Å². The van der Waals surface area contributed by atoms with Crippen LogP contribution in [0.5, 0.6) is 0 Å². The van der Waals surface area contributed by atoms with Crippen LogP contribution in [0.25, 0.3) is 17.0 Å². The first-order valence-corrected chi connectivity index (χ1v) is 9.16. The maximum Gasteiger partial charge on any atom is 0.259 e. The summed E-state index contributed by atoms with van der Waals surface area (Å²) in [6.07, 6.45) is 5.12. The van der Waals surface area contributed by atoms with Crippen molar-refractivity contribution in [3.05, 3.63) is 65.4 Å². The van der Waals surface area contributed by atoms with E-state index in [1.165, 1.54) is 6.20 Å². The summed E-state index contributed by atoms with van der Waals surface area (Å²) in [6.45, 7) is 3.85. The third kappa shape index (κ3) is 3.64. The van der Waals surface area contributed by atoms with E-state index in [-0.39, 0.29) is 5.91 Å². The lowest BCUT2D eigenvalue weighted by Crippen LogP contribution is -2.16. The fourth-order valence-electron chi connectivity index (χ4n) is 2.89. The highest BCUT2D eigenvalue weighted by Crippen LogP contribution is 2.39. The molecule has 28 heavy (non-hydrogen) atoms. The van der Waals surface area contributed by atoms with Crippen LogP contribution in [0, 0.1) is 13.8 Å². The molecule has 2 heterocycles. The minimum absolute atomic E-state index is 0.309. The molecule has 2 aromatic heterocycles. The summed E-state index contributed by atoms with van der Waals surface area (Å²) in [4.78, 5) is 21.5. The average molecular weight is 375 g/mol. The van der Waals surface area contributed by atoms with Crippen LogP contribution in [-0.4, -0.2) is 21.0 Å². The number of aromatic nitrogens is 3.